The Labute approximate surface area is 86.4 Å². The van der Waals surface area contributed by atoms with Gasteiger partial charge >= 0.3 is 0 Å². The zero-order valence-corrected chi connectivity index (χ0v) is 9.97. The van der Waals surface area contributed by atoms with Crippen LogP contribution >= 0.6 is 0 Å². The SMILES string of the molecule is CC(C)(C)C(=O)/C=C\C(=O)C(C)(C)C. The van der Waals surface area contributed by atoms with Crippen molar-refractivity contribution in [3.05, 3.63) is 12.2 Å². The Hall–Kier alpha value is -0.920. The molecule has 0 saturated heterocycles. The summed E-state index contributed by atoms with van der Waals surface area (Å²) in [5.41, 5.74) is -0.816. The monoisotopic (exact) mass is 196 g/mol. The van der Waals surface area contributed by atoms with Crippen LogP contribution in [0.15, 0.2) is 12.2 Å². The smallest absolute Gasteiger partial charge is 0.161 e. The lowest BCUT2D eigenvalue weighted by Crippen LogP contribution is -2.20. The number of hydrogen-bond donors (Lipinski definition) is 0. The minimum absolute atomic E-state index is 0.0184. The molecule has 0 radical (unpaired) electrons. The second-order valence-corrected chi connectivity index (χ2v) is 5.56. The Balaban J connectivity index is 4.49. The van der Waals surface area contributed by atoms with Crippen molar-refractivity contribution in [2.24, 2.45) is 10.8 Å². The van der Waals surface area contributed by atoms with Gasteiger partial charge in [-0.3, -0.25) is 9.59 Å². The van der Waals surface area contributed by atoms with Crippen molar-refractivity contribution in [3.8, 4) is 0 Å². The molecule has 0 spiro atoms. The van der Waals surface area contributed by atoms with Gasteiger partial charge in [0.05, 0.1) is 0 Å². The summed E-state index contributed by atoms with van der Waals surface area (Å²) >= 11 is 0. The highest BCUT2D eigenvalue weighted by Gasteiger charge is 2.21. The van der Waals surface area contributed by atoms with Gasteiger partial charge in [0.1, 0.15) is 0 Å². The molecule has 0 aliphatic carbocycles. The predicted molar refractivity (Wildman–Crippen MR) is 58.1 cm³/mol. The molecule has 0 aliphatic heterocycles. The Morgan fingerprint density at radius 1 is 0.714 bits per heavy atom. The van der Waals surface area contributed by atoms with Gasteiger partial charge in [0.15, 0.2) is 11.6 Å². The Morgan fingerprint density at radius 3 is 1.07 bits per heavy atom. The summed E-state index contributed by atoms with van der Waals surface area (Å²) < 4.78 is 0. The van der Waals surface area contributed by atoms with E-state index < -0.39 is 10.8 Å². The predicted octanol–water partition coefficient (Wildman–Crippen LogP) is 2.77. The van der Waals surface area contributed by atoms with Crippen LogP contribution in [-0.2, 0) is 9.59 Å². The van der Waals surface area contributed by atoms with E-state index in [9.17, 15) is 9.59 Å². The quantitative estimate of drug-likeness (QED) is 0.636. The molecule has 0 aromatic rings. The standard InChI is InChI=1S/C12H20O2/c1-11(2,3)9(13)7-8-10(14)12(4,5)6/h7-8H,1-6H3/b8-7-. The van der Waals surface area contributed by atoms with Gasteiger partial charge in [0, 0.05) is 10.8 Å². The van der Waals surface area contributed by atoms with Gasteiger partial charge in [0.25, 0.3) is 0 Å². The Kier molecular flexibility index (Phi) is 3.81. The molecule has 2 heteroatoms. The van der Waals surface area contributed by atoms with Crippen LogP contribution in [0.5, 0.6) is 0 Å². The molecule has 2 nitrogen and oxygen atoms in total. The lowest BCUT2D eigenvalue weighted by molar-refractivity contribution is -0.123. The number of hydrogen-bond acceptors (Lipinski definition) is 2. The fourth-order valence-corrected chi connectivity index (χ4v) is 0.651. The van der Waals surface area contributed by atoms with Gasteiger partial charge in [-0.1, -0.05) is 41.5 Å². The summed E-state index contributed by atoms with van der Waals surface area (Å²) in [4.78, 5) is 22.9. The fourth-order valence-electron chi connectivity index (χ4n) is 0.651. The molecule has 0 aromatic carbocycles. The zero-order chi connectivity index (χ0) is 11.6. The summed E-state index contributed by atoms with van der Waals surface area (Å²) in [6.45, 7) is 11.0. The first kappa shape index (κ1) is 13.1. The van der Waals surface area contributed by atoms with E-state index in [1.165, 1.54) is 12.2 Å². The number of carbonyl (C=O) groups is 2. The molecule has 0 aromatic heterocycles. The average molecular weight is 196 g/mol. The highest BCUT2D eigenvalue weighted by molar-refractivity contribution is 6.02. The third-order valence-electron chi connectivity index (χ3n) is 1.86. The van der Waals surface area contributed by atoms with E-state index >= 15 is 0 Å². The van der Waals surface area contributed by atoms with Crippen LogP contribution in [0, 0.1) is 10.8 Å². The summed E-state index contributed by atoms with van der Waals surface area (Å²) in [6, 6.07) is 0. The lowest BCUT2D eigenvalue weighted by Gasteiger charge is -2.15. The largest absolute Gasteiger partial charge is 0.294 e. The summed E-state index contributed by atoms with van der Waals surface area (Å²) in [5, 5.41) is 0. The van der Waals surface area contributed by atoms with Crippen LogP contribution in [0.2, 0.25) is 0 Å². The molecule has 80 valence electrons. The third-order valence-corrected chi connectivity index (χ3v) is 1.86. The molecule has 0 heterocycles. The van der Waals surface area contributed by atoms with E-state index in [0.717, 1.165) is 0 Å². The van der Waals surface area contributed by atoms with E-state index in [1.54, 1.807) is 0 Å². The van der Waals surface area contributed by atoms with Gasteiger partial charge < -0.3 is 0 Å². The molecule has 0 amide bonds. The maximum atomic E-state index is 11.5. The van der Waals surface area contributed by atoms with Crippen molar-refractivity contribution in [2.45, 2.75) is 41.5 Å². The minimum atomic E-state index is -0.408. The van der Waals surface area contributed by atoms with Crippen molar-refractivity contribution in [2.75, 3.05) is 0 Å². The first-order chi connectivity index (χ1) is 6.05. The highest BCUT2D eigenvalue weighted by Crippen LogP contribution is 2.18. The van der Waals surface area contributed by atoms with Crippen LogP contribution in [0.3, 0.4) is 0 Å². The third kappa shape index (κ3) is 4.35. The maximum absolute atomic E-state index is 11.5. The van der Waals surface area contributed by atoms with Crippen LogP contribution in [0.1, 0.15) is 41.5 Å². The van der Waals surface area contributed by atoms with Crippen LogP contribution in [-0.4, -0.2) is 11.6 Å². The fraction of sp³-hybridized carbons (Fsp3) is 0.667. The van der Waals surface area contributed by atoms with Gasteiger partial charge in [-0.25, -0.2) is 0 Å². The molecule has 0 atom stereocenters. The molecule has 14 heavy (non-hydrogen) atoms. The lowest BCUT2D eigenvalue weighted by atomic mass is 9.87. The highest BCUT2D eigenvalue weighted by atomic mass is 16.1. The van der Waals surface area contributed by atoms with Crippen molar-refractivity contribution in [3.63, 3.8) is 0 Å². The number of rotatable bonds is 2. The molecule has 0 unspecified atom stereocenters. The van der Waals surface area contributed by atoms with Gasteiger partial charge in [-0.2, -0.15) is 0 Å². The molecular formula is C12H20O2. The first-order valence-electron chi connectivity index (χ1n) is 4.82. The van der Waals surface area contributed by atoms with Crippen LogP contribution < -0.4 is 0 Å². The van der Waals surface area contributed by atoms with Gasteiger partial charge in [0.2, 0.25) is 0 Å². The molecule has 0 N–H and O–H groups in total. The van der Waals surface area contributed by atoms with Crippen LogP contribution in [0.25, 0.3) is 0 Å². The van der Waals surface area contributed by atoms with E-state index in [4.69, 9.17) is 0 Å². The van der Waals surface area contributed by atoms with E-state index in [2.05, 4.69) is 0 Å². The number of ketones is 2. The second-order valence-electron chi connectivity index (χ2n) is 5.56. The zero-order valence-electron chi connectivity index (χ0n) is 9.97. The molecule has 0 saturated carbocycles. The van der Waals surface area contributed by atoms with Crippen molar-refractivity contribution >= 4 is 11.6 Å². The maximum Gasteiger partial charge on any atom is 0.161 e. The number of carbonyl (C=O) groups excluding carboxylic acids is 2. The van der Waals surface area contributed by atoms with E-state index in [1.807, 2.05) is 41.5 Å². The van der Waals surface area contributed by atoms with Crippen molar-refractivity contribution in [1.82, 2.24) is 0 Å². The number of allylic oxidation sites excluding steroid dienone is 2. The topological polar surface area (TPSA) is 34.1 Å². The normalized spacial score (nSPS) is 13.3. The van der Waals surface area contributed by atoms with E-state index in [-0.39, 0.29) is 11.6 Å². The second kappa shape index (κ2) is 4.07. The van der Waals surface area contributed by atoms with Crippen LogP contribution in [0.4, 0.5) is 0 Å². The average Bonchev–Trinajstić information content (AvgIpc) is 1.95. The summed E-state index contributed by atoms with van der Waals surface area (Å²) in [5.74, 6) is -0.0369. The van der Waals surface area contributed by atoms with Gasteiger partial charge in [-0.15, -0.1) is 0 Å². The molecular weight excluding hydrogens is 176 g/mol. The molecule has 0 fully saturated rings. The molecule has 0 rings (SSSR count). The summed E-state index contributed by atoms with van der Waals surface area (Å²) in [6.07, 6.45) is 2.77. The van der Waals surface area contributed by atoms with Crippen molar-refractivity contribution < 1.29 is 9.59 Å². The van der Waals surface area contributed by atoms with Gasteiger partial charge in [-0.05, 0) is 12.2 Å². The Bertz CT molecular complexity index is 231. The van der Waals surface area contributed by atoms with Crippen molar-refractivity contribution in [1.29, 1.82) is 0 Å². The first-order valence-corrected chi connectivity index (χ1v) is 4.82. The summed E-state index contributed by atoms with van der Waals surface area (Å²) in [7, 11) is 0. The Morgan fingerprint density at radius 2 is 0.929 bits per heavy atom. The minimum Gasteiger partial charge on any atom is -0.294 e. The van der Waals surface area contributed by atoms with E-state index in [0.29, 0.717) is 0 Å². The molecule has 0 bridgehead atoms. The molecule has 0 aliphatic rings.